The molecule has 0 aliphatic carbocycles. The van der Waals surface area contributed by atoms with Crippen LogP contribution in [0.5, 0.6) is 0 Å². The molecule has 3 N–H and O–H groups in total. The van der Waals surface area contributed by atoms with Gasteiger partial charge in [0.15, 0.2) is 5.78 Å². The van der Waals surface area contributed by atoms with Gasteiger partial charge in [-0.25, -0.2) is 14.5 Å². The molecule has 9 heteroatoms. The van der Waals surface area contributed by atoms with Crippen LogP contribution < -0.4 is 16.0 Å². The molecule has 0 bridgehead atoms. The minimum atomic E-state index is -0.447. The van der Waals surface area contributed by atoms with Crippen LogP contribution in [0.4, 0.5) is 16.3 Å². The lowest BCUT2D eigenvalue weighted by Crippen LogP contribution is -2.34. The minimum absolute atomic E-state index is 0.0343. The average Bonchev–Trinajstić information content (AvgIpc) is 3.39. The fourth-order valence-corrected chi connectivity index (χ4v) is 5.47. The number of nitrogens with zero attached hydrogens (tertiary/aromatic N) is 3. The summed E-state index contributed by atoms with van der Waals surface area (Å²) in [4.78, 5) is 31.6. The van der Waals surface area contributed by atoms with Crippen LogP contribution in [0.2, 0.25) is 5.15 Å². The predicted molar refractivity (Wildman–Crippen MR) is 168 cm³/mol. The number of hydrogen-bond acceptors (Lipinski definition) is 5. The van der Waals surface area contributed by atoms with E-state index in [-0.39, 0.29) is 17.1 Å². The lowest BCUT2D eigenvalue weighted by Gasteiger charge is -2.31. The Kier molecular flexibility index (Phi) is 8.75. The molecule has 5 rings (SSSR count). The first-order valence-corrected chi connectivity index (χ1v) is 14.7. The average molecular weight is 585 g/mol. The Hall–Kier alpha value is -4.01. The van der Waals surface area contributed by atoms with Crippen molar-refractivity contribution in [2.45, 2.75) is 51.9 Å². The Morgan fingerprint density at radius 1 is 1.00 bits per heavy atom. The summed E-state index contributed by atoms with van der Waals surface area (Å²) in [5.74, 6) is 0.180. The van der Waals surface area contributed by atoms with E-state index in [1.54, 1.807) is 16.8 Å². The van der Waals surface area contributed by atoms with Gasteiger partial charge in [0.1, 0.15) is 11.0 Å². The molecule has 1 aliphatic rings. The third-order valence-electron chi connectivity index (χ3n) is 7.69. The van der Waals surface area contributed by atoms with Gasteiger partial charge in [-0.3, -0.25) is 10.1 Å². The number of halogens is 1. The number of urea groups is 1. The van der Waals surface area contributed by atoms with Crippen LogP contribution in [0.1, 0.15) is 66.7 Å². The second kappa shape index (κ2) is 12.5. The topological polar surface area (TPSA) is 101 Å². The maximum absolute atomic E-state index is 14.0. The molecule has 1 fully saturated rings. The number of para-hydroxylation sites is 1. The van der Waals surface area contributed by atoms with Crippen molar-refractivity contribution in [2.75, 3.05) is 23.7 Å². The first-order chi connectivity index (χ1) is 20.1. The van der Waals surface area contributed by atoms with Crippen molar-refractivity contribution in [3.05, 3.63) is 100 Å². The Morgan fingerprint density at radius 2 is 1.71 bits per heavy atom. The SMILES string of the molecule is Cc1ccc(-n2nc(C(C)(C)C)cc2NC(=O)Nc2ccccc2C(C(=O)c2ccc(Cl)nc2)C2CCNCC2)cc1. The van der Waals surface area contributed by atoms with E-state index >= 15 is 0 Å². The highest BCUT2D eigenvalue weighted by Gasteiger charge is 2.33. The van der Waals surface area contributed by atoms with Gasteiger partial charge in [-0.15, -0.1) is 0 Å². The molecule has 1 aliphatic heterocycles. The minimum Gasteiger partial charge on any atom is -0.317 e. The number of rotatable bonds is 7. The zero-order valence-corrected chi connectivity index (χ0v) is 25.2. The van der Waals surface area contributed by atoms with Gasteiger partial charge < -0.3 is 10.6 Å². The Bertz CT molecular complexity index is 1550. The molecule has 2 aromatic carbocycles. The quantitative estimate of drug-likeness (QED) is 0.158. The Morgan fingerprint density at radius 3 is 2.38 bits per heavy atom. The van der Waals surface area contributed by atoms with Gasteiger partial charge in [0, 0.05) is 28.9 Å². The standard InChI is InChI=1S/C33H37ClN6O2/c1-21-9-12-24(13-10-21)40-29(19-27(39-40)33(2,3)4)38-32(42)37-26-8-6-5-7-25(26)30(22-15-17-35-18-16-22)31(41)23-11-14-28(34)36-20-23/h5-14,19-20,22,30,35H,15-18H2,1-4H3,(H2,37,38,42). The largest absolute Gasteiger partial charge is 0.324 e. The molecular formula is C33H37ClN6O2. The Labute approximate surface area is 251 Å². The van der Waals surface area contributed by atoms with Crippen LogP contribution in [0.3, 0.4) is 0 Å². The van der Waals surface area contributed by atoms with Gasteiger partial charge in [0.05, 0.1) is 17.3 Å². The maximum atomic E-state index is 14.0. The number of ketones is 1. The summed E-state index contributed by atoms with van der Waals surface area (Å²) in [5, 5.41) is 14.6. The number of pyridine rings is 1. The van der Waals surface area contributed by atoms with Crippen LogP contribution in [0.25, 0.3) is 5.69 Å². The zero-order valence-electron chi connectivity index (χ0n) is 24.4. The lowest BCUT2D eigenvalue weighted by molar-refractivity contribution is 0.0916. The number of aromatic nitrogens is 3. The molecule has 3 heterocycles. The van der Waals surface area contributed by atoms with Crippen LogP contribution in [-0.2, 0) is 5.41 Å². The summed E-state index contributed by atoms with van der Waals surface area (Å²) in [6.07, 6.45) is 3.23. The summed E-state index contributed by atoms with van der Waals surface area (Å²) in [6, 6.07) is 20.4. The molecule has 0 radical (unpaired) electrons. The number of amides is 2. The first-order valence-electron chi connectivity index (χ1n) is 14.3. The van der Waals surface area contributed by atoms with Crippen molar-refractivity contribution >= 4 is 34.9 Å². The highest BCUT2D eigenvalue weighted by atomic mass is 35.5. The number of piperidine rings is 1. The van der Waals surface area contributed by atoms with Crippen LogP contribution in [0, 0.1) is 12.8 Å². The summed E-state index contributed by atoms with van der Waals surface area (Å²) >= 11 is 6.00. The molecule has 2 amide bonds. The molecule has 218 valence electrons. The number of aryl methyl sites for hydroxylation is 1. The van der Waals surface area contributed by atoms with Crippen LogP contribution in [0.15, 0.2) is 72.9 Å². The molecule has 0 saturated carbocycles. The number of benzene rings is 2. The monoisotopic (exact) mass is 584 g/mol. The summed E-state index contributed by atoms with van der Waals surface area (Å²) in [5.41, 5.74) is 4.49. The molecule has 8 nitrogen and oxygen atoms in total. The van der Waals surface area contributed by atoms with E-state index in [1.807, 2.05) is 61.5 Å². The van der Waals surface area contributed by atoms with E-state index < -0.39 is 11.9 Å². The number of anilines is 2. The molecule has 0 spiro atoms. The van der Waals surface area contributed by atoms with Gasteiger partial charge in [-0.05, 0) is 74.7 Å². The smallest absolute Gasteiger partial charge is 0.317 e. The second-order valence-corrected chi connectivity index (χ2v) is 12.3. The molecule has 1 atom stereocenters. The third kappa shape index (κ3) is 6.72. The summed E-state index contributed by atoms with van der Waals surface area (Å²) in [7, 11) is 0. The fraction of sp³-hybridized carbons (Fsp3) is 0.333. The first kappa shape index (κ1) is 29.5. The van der Waals surface area contributed by atoms with E-state index in [0.717, 1.165) is 48.4 Å². The van der Waals surface area contributed by atoms with Gasteiger partial charge in [0.25, 0.3) is 0 Å². The van der Waals surface area contributed by atoms with E-state index in [4.69, 9.17) is 16.7 Å². The number of carbonyl (C=O) groups excluding carboxylic acids is 2. The van der Waals surface area contributed by atoms with E-state index in [1.165, 1.54) is 6.20 Å². The normalized spacial score (nSPS) is 14.8. The van der Waals surface area contributed by atoms with E-state index in [9.17, 15) is 9.59 Å². The molecule has 4 aromatic rings. The highest BCUT2D eigenvalue weighted by molar-refractivity contribution is 6.29. The van der Waals surface area contributed by atoms with Gasteiger partial charge in [0.2, 0.25) is 0 Å². The second-order valence-electron chi connectivity index (χ2n) is 11.9. The fourth-order valence-electron chi connectivity index (χ4n) is 5.36. The van der Waals surface area contributed by atoms with Crippen LogP contribution >= 0.6 is 11.6 Å². The van der Waals surface area contributed by atoms with Crippen molar-refractivity contribution < 1.29 is 9.59 Å². The number of carbonyl (C=O) groups is 2. The number of nitrogens with one attached hydrogen (secondary N) is 3. The van der Waals surface area contributed by atoms with E-state index in [2.05, 4.69) is 41.7 Å². The van der Waals surface area contributed by atoms with Crippen LogP contribution in [-0.4, -0.2) is 39.7 Å². The highest BCUT2D eigenvalue weighted by Crippen LogP contribution is 2.38. The van der Waals surface area contributed by atoms with Gasteiger partial charge in [-0.2, -0.15) is 5.10 Å². The predicted octanol–water partition coefficient (Wildman–Crippen LogP) is 7.14. The summed E-state index contributed by atoms with van der Waals surface area (Å²) < 4.78 is 1.75. The third-order valence-corrected chi connectivity index (χ3v) is 7.92. The van der Waals surface area contributed by atoms with Crippen molar-refractivity contribution in [2.24, 2.45) is 5.92 Å². The summed E-state index contributed by atoms with van der Waals surface area (Å²) in [6.45, 7) is 9.96. The molecule has 42 heavy (non-hydrogen) atoms. The molecule has 2 aromatic heterocycles. The van der Waals surface area contributed by atoms with Crippen molar-refractivity contribution in [1.82, 2.24) is 20.1 Å². The van der Waals surface area contributed by atoms with Crippen molar-refractivity contribution in [1.29, 1.82) is 0 Å². The van der Waals surface area contributed by atoms with Crippen molar-refractivity contribution in [3.8, 4) is 5.69 Å². The number of Topliss-reactive ketones (excluding diaryl/α,β-unsaturated/α-hetero) is 1. The lowest BCUT2D eigenvalue weighted by atomic mass is 9.76. The zero-order chi connectivity index (χ0) is 29.9. The number of hydrogen-bond donors (Lipinski definition) is 3. The molecular weight excluding hydrogens is 548 g/mol. The van der Waals surface area contributed by atoms with Gasteiger partial charge >= 0.3 is 6.03 Å². The maximum Gasteiger partial charge on any atom is 0.324 e. The Balaban J connectivity index is 1.45. The molecule has 1 saturated heterocycles. The van der Waals surface area contributed by atoms with E-state index in [0.29, 0.717) is 22.2 Å². The molecule has 1 unspecified atom stereocenters. The van der Waals surface area contributed by atoms with Crippen molar-refractivity contribution in [3.63, 3.8) is 0 Å². The van der Waals surface area contributed by atoms with Gasteiger partial charge in [-0.1, -0.05) is 68.3 Å².